The highest BCUT2D eigenvalue weighted by atomic mass is 16.3. The minimum absolute atomic E-state index is 0.129. The van der Waals surface area contributed by atoms with Gasteiger partial charge in [-0.3, -0.25) is 14.8 Å². The van der Waals surface area contributed by atoms with Crippen molar-refractivity contribution in [2.24, 2.45) is 10.9 Å². The Morgan fingerprint density at radius 3 is 3.03 bits per heavy atom. The van der Waals surface area contributed by atoms with E-state index >= 15 is 0 Å². The van der Waals surface area contributed by atoms with Crippen LogP contribution in [0.3, 0.4) is 0 Å². The molecular formula is C24H28N6O3. The molecule has 3 aromatic rings. The van der Waals surface area contributed by atoms with Gasteiger partial charge in [0.2, 0.25) is 5.89 Å². The molecule has 1 atom stereocenters. The number of pyridine rings is 1. The number of rotatable bonds is 6. The largest absolute Gasteiger partial charge is 0.444 e. The third-order valence-corrected chi connectivity index (χ3v) is 5.72. The zero-order chi connectivity index (χ0) is 23.4. The molecule has 1 saturated heterocycles. The van der Waals surface area contributed by atoms with Crippen molar-refractivity contribution in [1.29, 1.82) is 0 Å². The first-order chi connectivity index (χ1) is 16.0. The Bertz CT molecular complexity index is 1170. The van der Waals surface area contributed by atoms with Crippen molar-refractivity contribution in [3.8, 4) is 11.5 Å². The van der Waals surface area contributed by atoms with Crippen LogP contribution in [0.2, 0.25) is 0 Å². The fraction of sp³-hybridized carbons (Fsp3) is 0.333. The van der Waals surface area contributed by atoms with Gasteiger partial charge in [0.15, 0.2) is 5.69 Å². The van der Waals surface area contributed by atoms with Crippen molar-refractivity contribution < 1.29 is 14.3 Å². The number of nitrogens with two attached hydrogens (primary N) is 1. The van der Waals surface area contributed by atoms with E-state index in [0.29, 0.717) is 29.4 Å². The lowest BCUT2D eigenvalue weighted by Crippen LogP contribution is -2.37. The van der Waals surface area contributed by atoms with E-state index in [0.717, 1.165) is 36.3 Å². The minimum Gasteiger partial charge on any atom is -0.444 e. The van der Waals surface area contributed by atoms with Gasteiger partial charge in [-0.05, 0) is 49.9 Å². The number of aliphatic hydroxyl groups excluding tert-OH is 1. The first kappa shape index (κ1) is 22.5. The van der Waals surface area contributed by atoms with Crippen molar-refractivity contribution in [3.63, 3.8) is 0 Å². The van der Waals surface area contributed by atoms with Gasteiger partial charge in [0.05, 0.1) is 11.4 Å². The average molecular weight is 449 g/mol. The summed E-state index contributed by atoms with van der Waals surface area (Å²) in [6.07, 6.45) is 6.59. The van der Waals surface area contributed by atoms with E-state index in [4.69, 9.17) is 10.2 Å². The van der Waals surface area contributed by atoms with E-state index in [1.165, 1.54) is 6.26 Å². The van der Waals surface area contributed by atoms with Crippen LogP contribution < -0.4 is 16.0 Å². The van der Waals surface area contributed by atoms with Gasteiger partial charge in [-0.25, -0.2) is 4.98 Å². The fourth-order valence-corrected chi connectivity index (χ4v) is 4.04. The number of carbonyl (C=O) groups is 1. The molecule has 1 aromatic carbocycles. The lowest BCUT2D eigenvalue weighted by molar-refractivity contribution is 0.102. The molecule has 2 aromatic heterocycles. The molecule has 0 bridgehead atoms. The topological polar surface area (TPSA) is 130 Å². The molecule has 1 unspecified atom stereocenters. The molecule has 172 valence electrons. The summed E-state index contributed by atoms with van der Waals surface area (Å²) in [6.45, 7) is 3.51. The summed E-state index contributed by atoms with van der Waals surface area (Å²) in [7, 11) is 1.67. The van der Waals surface area contributed by atoms with Gasteiger partial charge in [-0.15, -0.1) is 0 Å². The number of aliphatic imine (C=N–C) groups is 1. The van der Waals surface area contributed by atoms with E-state index in [1.54, 1.807) is 25.5 Å². The van der Waals surface area contributed by atoms with E-state index in [9.17, 15) is 9.90 Å². The number of nitrogens with zero attached hydrogens (tertiary/aromatic N) is 4. The molecule has 0 aliphatic carbocycles. The van der Waals surface area contributed by atoms with Crippen LogP contribution in [0.4, 0.5) is 17.1 Å². The summed E-state index contributed by atoms with van der Waals surface area (Å²) in [4.78, 5) is 27.8. The first-order valence-corrected chi connectivity index (χ1v) is 10.9. The van der Waals surface area contributed by atoms with E-state index < -0.39 is 5.91 Å². The summed E-state index contributed by atoms with van der Waals surface area (Å²) in [6, 6.07) is 7.28. The van der Waals surface area contributed by atoms with Crippen LogP contribution in [0.25, 0.3) is 11.5 Å². The molecule has 0 radical (unpaired) electrons. The minimum atomic E-state index is -0.392. The van der Waals surface area contributed by atoms with E-state index in [2.05, 4.69) is 25.2 Å². The Labute approximate surface area is 192 Å². The maximum absolute atomic E-state index is 13.1. The second-order valence-corrected chi connectivity index (χ2v) is 8.20. The highest BCUT2D eigenvalue weighted by molar-refractivity contribution is 6.06. The quantitative estimate of drug-likeness (QED) is 0.390. The van der Waals surface area contributed by atoms with Gasteiger partial charge in [-0.2, -0.15) is 0 Å². The molecule has 0 spiro atoms. The number of carbonyl (C=O) groups excluding carboxylic acids is 1. The third kappa shape index (κ3) is 5.04. The Kier molecular flexibility index (Phi) is 6.69. The molecule has 1 fully saturated rings. The Morgan fingerprint density at radius 2 is 2.27 bits per heavy atom. The van der Waals surface area contributed by atoms with Gasteiger partial charge in [0.25, 0.3) is 5.91 Å². The Hall–Kier alpha value is -3.72. The lowest BCUT2D eigenvalue weighted by atomic mass is 9.98. The number of aromatic nitrogens is 2. The van der Waals surface area contributed by atoms with Crippen molar-refractivity contribution >= 4 is 29.2 Å². The van der Waals surface area contributed by atoms with Crippen LogP contribution in [0.1, 0.15) is 34.6 Å². The molecule has 9 heteroatoms. The number of hydrogen-bond acceptors (Lipinski definition) is 8. The molecule has 1 amide bonds. The molecule has 4 rings (SSSR count). The summed E-state index contributed by atoms with van der Waals surface area (Å²) >= 11 is 0. The van der Waals surface area contributed by atoms with Gasteiger partial charge in [-0.1, -0.05) is 0 Å². The lowest BCUT2D eigenvalue weighted by Gasteiger charge is -2.35. The Morgan fingerprint density at radius 1 is 1.42 bits per heavy atom. The van der Waals surface area contributed by atoms with Crippen LogP contribution in [0, 0.1) is 12.8 Å². The van der Waals surface area contributed by atoms with Crippen molar-refractivity contribution in [2.45, 2.75) is 19.8 Å². The number of nitrogen functional groups attached to an aromatic ring is 1. The highest BCUT2D eigenvalue weighted by Crippen LogP contribution is 2.34. The molecular weight excluding hydrogens is 420 g/mol. The molecule has 4 N–H and O–H groups in total. The molecule has 33 heavy (non-hydrogen) atoms. The predicted octanol–water partition coefficient (Wildman–Crippen LogP) is 3.14. The number of hydrogen-bond donors (Lipinski definition) is 3. The maximum Gasteiger partial charge on any atom is 0.277 e. The first-order valence-electron chi connectivity index (χ1n) is 10.9. The molecule has 1 aliphatic heterocycles. The fourth-order valence-electron chi connectivity index (χ4n) is 4.04. The SMILES string of the molecule is CN=Cc1cc(NC(=O)c2coc(-c3ccnc(C)c3)n2)c(N2CCCC(CO)C2)cc1N. The molecule has 0 saturated carbocycles. The summed E-state index contributed by atoms with van der Waals surface area (Å²) < 4.78 is 5.54. The zero-order valence-electron chi connectivity index (χ0n) is 18.8. The molecule has 1 aliphatic rings. The number of amides is 1. The number of oxazole rings is 1. The van der Waals surface area contributed by atoms with Crippen molar-refractivity contribution in [1.82, 2.24) is 9.97 Å². The third-order valence-electron chi connectivity index (χ3n) is 5.72. The van der Waals surface area contributed by atoms with Crippen molar-refractivity contribution in [2.75, 3.05) is 42.7 Å². The molecule has 3 heterocycles. The number of piperidine rings is 1. The monoisotopic (exact) mass is 448 g/mol. The normalized spacial score (nSPS) is 16.3. The summed E-state index contributed by atoms with van der Waals surface area (Å²) in [5.41, 5.74) is 10.7. The van der Waals surface area contributed by atoms with E-state index in [-0.39, 0.29) is 18.2 Å². The average Bonchev–Trinajstić information content (AvgIpc) is 3.32. The number of aryl methyl sites for hydroxylation is 1. The predicted molar refractivity (Wildman–Crippen MR) is 129 cm³/mol. The van der Waals surface area contributed by atoms with Crippen LogP contribution in [-0.4, -0.2) is 53.9 Å². The summed E-state index contributed by atoms with van der Waals surface area (Å²) in [5, 5.41) is 12.6. The number of aliphatic hydroxyl groups is 1. The maximum atomic E-state index is 13.1. The van der Waals surface area contributed by atoms with Crippen LogP contribution in [0.15, 0.2) is 46.1 Å². The second kappa shape index (κ2) is 9.83. The highest BCUT2D eigenvalue weighted by Gasteiger charge is 2.24. The van der Waals surface area contributed by atoms with E-state index in [1.807, 2.05) is 25.1 Å². The van der Waals surface area contributed by atoms with Crippen LogP contribution in [-0.2, 0) is 0 Å². The van der Waals surface area contributed by atoms with Gasteiger partial charge >= 0.3 is 0 Å². The number of benzene rings is 1. The number of anilines is 3. The zero-order valence-corrected chi connectivity index (χ0v) is 18.8. The summed E-state index contributed by atoms with van der Waals surface area (Å²) in [5.74, 6) is 0.142. The van der Waals surface area contributed by atoms with Gasteiger partial charge in [0, 0.05) is 61.7 Å². The van der Waals surface area contributed by atoms with Crippen LogP contribution >= 0.6 is 0 Å². The Balaban J connectivity index is 1.63. The van der Waals surface area contributed by atoms with Crippen molar-refractivity contribution in [3.05, 3.63) is 53.7 Å². The second-order valence-electron chi connectivity index (χ2n) is 8.20. The smallest absolute Gasteiger partial charge is 0.277 e. The van der Waals surface area contributed by atoms with Crippen LogP contribution in [0.5, 0.6) is 0 Å². The molecule has 9 nitrogen and oxygen atoms in total. The van der Waals surface area contributed by atoms with Gasteiger partial charge < -0.3 is 25.5 Å². The number of nitrogens with one attached hydrogen (secondary N) is 1. The standard InChI is InChI=1S/C24H28N6O3/c1-15-8-17(5-6-27-15)24-29-21(14-33-24)23(32)28-20-9-18(11-26-2)19(25)10-22(20)30-7-3-4-16(12-30)13-31/h5-6,8-11,14,16,31H,3-4,7,12-13,25H2,1-2H3,(H,28,32). The van der Waals surface area contributed by atoms with Gasteiger partial charge in [0.1, 0.15) is 6.26 Å².